The lowest BCUT2D eigenvalue weighted by molar-refractivity contribution is -0.136. The topological polar surface area (TPSA) is 106 Å². The first-order valence-electron chi connectivity index (χ1n) is 9.41. The highest BCUT2D eigenvalue weighted by Gasteiger charge is 2.14. The number of hydrazone groups is 1. The third-order valence-electron chi connectivity index (χ3n) is 4.14. The van der Waals surface area contributed by atoms with Crippen molar-refractivity contribution >= 4 is 57.2 Å². The van der Waals surface area contributed by atoms with E-state index in [9.17, 15) is 14.4 Å². The number of carbonyl (C=O) groups excluding carboxylic acids is 3. The molecule has 0 atom stereocenters. The molecule has 0 bridgehead atoms. The minimum absolute atomic E-state index is 0.214. The molecule has 10 heteroatoms. The summed E-state index contributed by atoms with van der Waals surface area (Å²) in [5, 5.41) is 6.70. The fourth-order valence-electron chi connectivity index (χ4n) is 2.56. The highest BCUT2D eigenvalue weighted by Crippen LogP contribution is 2.28. The van der Waals surface area contributed by atoms with E-state index in [4.69, 9.17) is 21.1 Å². The number of anilines is 1. The number of benzene rings is 3. The minimum atomic E-state index is -0.951. The summed E-state index contributed by atoms with van der Waals surface area (Å²) in [6.45, 7) is 0. The fourth-order valence-corrected chi connectivity index (χ4v) is 3.09. The molecular formula is C23H17BrClN3O5. The van der Waals surface area contributed by atoms with Crippen molar-refractivity contribution in [2.75, 3.05) is 12.4 Å². The second-order valence-corrected chi connectivity index (χ2v) is 7.82. The van der Waals surface area contributed by atoms with Gasteiger partial charge in [-0.2, -0.15) is 5.10 Å². The molecule has 2 N–H and O–H groups in total. The van der Waals surface area contributed by atoms with Crippen molar-refractivity contribution < 1.29 is 23.9 Å². The summed E-state index contributed by atoms with van der Waals surface area (Å²) < 4.78 is 11.4. The molecule has 0 aromatic heterocycles. The van der Waals surface area contributed by atoms with Gasteiger partial charge in [0.05, 0.1) is 18.9 Å². The summed E-state index contributed by atoms with van der Waals surface area (Å²) in [6, 6.07) is 17.8. The van der Waals surface area contributed by atoms with E-state index in [0.717, 1.165) is 4.47 Å². The van der Waals surface area contributed by atoms with E-state index in [1.807, 2.05) is 0 Å². The molecule has 0 spiro atoms. The molecule has 168 valence electrons. The van der Waals surface area contributed by atoms with Crippen LogP contribution in [-0.4, -0.2) is 31.1 Å². The first-order chi connectivity index (χ1) is 15.9. The van der Waals surface area contributed by atoms with Gasteiger partial charge in [0, 0.05) is 15.2 Å². The number of ether oxygens (including phenoxy) is 2. The van der Waals surface area contributed by atoms with Gasteiger partial charge in [0.2, 0.25) is 0 Å². The van der Waals surface area contributed by atoms with Crippen molar-refractivity contribution in [2.24, 2.45) is 5.10 Å². The normalized spacial score (nSPS) is 10.5. The Morgan fingerprint density at radius 2 is 1.73 bits per heavy atom. The van der Waals surface area contributed by atoms with Crippen LogP contribution in [0, 0.1) is 0 Å². The number of hydrogen-bond donors (Lipinski definition) is 2. The fraction of sp³-hybridized carbons (Fsp3) is 0.0435. The standard InChI is InChI=1S/C23H17BrClN3O5/c1-32-20-11-14(5-10-19(20)33-23(31)15-3-2-4-16(24)12-15)13-26-28-22(30)21(29)27-18-8-6-17(25)7-9-18/h2-13H,1H3,(H,27,29)(H,28,30)/b26-13+. The van der Waals surface area contributed by atoms with Crippen molar-refractivity contribution in [1.82, 2.24) is 5.43 Å². The van der Waals surface area contributed by atoms with Gasteiger partial charge in [-0.25, -0.2) is 10.2 Å². The summed E-state index contributed by atoms with van der Waals surface area (Å²) in [5.74, 6) is -1.88. The van der Waals surface area contributed by atoms with E-state index in [0.29, 0.717) is 21.8 Å². The molecule has 0 aliphatic heterocycles. The van der Waals surface area contributed by atoms with Gasteiger partial charge in [0.15, 0.2) is 11.5 Å². The van der Waals surface area contributed by atoms with E-state index in [2.05, 4.69) is 31.8 Å². The average molecular weight is 531 g/mol. The second-order valence-electron chi connectivity index (χ2n) is 6.47. The average Bonchev–Trinajstić information content (AvgIpc) is 2.81. The zero-order chi connectivity index (χ0) is 23.8. The Balaban J connectivity index is 1.60. The number of nitrogens with zero attached hydrogens (tertiary/aromatic N) is 1. The largest absolute Gasteiger partial charge is 0.493 e. The van der Waals surface area contributed by atoms with Crippen LogP contribution in [0.5, 0.6) is 11.5 Å². The number of esters is 1. The van der Waals surface area contributed by atoms with Crippen LogP contribution in [0.25, 0.3) is 0 Å². The number of carbonyl (C=O) groups is 3. The van der Waals surface area contributed by atoms with Crippen LogP contribution in [0.15, 0.2) is 76.3 Å². The maximum absolute atomic E-state index is 12.4. The Kier molecular flexibility index (Phi) is 8.17. The van der Waals surface area contributed by atoms with Crippen LogP contribution in [0.2, 0.25) is 5.02 Å². The van der Waals surface area contributed by atoms with Crippen LogP contribution in [-0.2, 0) is 9.59 Å². The van der Waals surface area contributed by atoms with Crippen molar-refractivity contribution in [3.05, 3.63) is 87.4 Å². The summed E-state index contributed by atoms with van der Waals surface area (Å²) >= 11 is 9.09. The van der Waals surface area contributed by atoms with Crippen molar-refractivity contribution in [1.29, 1.82) is 0 Å². The van der Waals surface area contributed by atoms with Gasteiger partial charge in [-0.3, -0.25) is 9.59 Å². The first kappa shape index (κ1) is 24.0. The van der Waals surface area contributed by atoms with Gasteiger partial charge >= 0.3 is 17.8 Å². The lowest BCUT2D eigenvalue weighted by Gasteiger charge is -2.10. The Morgan fingerprint density at radius 1 is 0.970 bits per heavy atom. The lowest BCUT2D eigenvalue weighted by atomic mass is 10.2. The van der Waals surface area contributed by atoms with Gasteiger partial charge in [0.25, 0.3) is 0 Å². The number of amides is 2. The van der Waals surface area contributed by atoms with Gasteiger partial charge < -0.3 is 14.8 Å². The molecule has 0 aliphatic carbocycles. The van der Waals surface area contributed by atoms with Crippen LogP contribution in [0.3, 0.4) is 0 Å². The quantitative estimate of drug-likeness (QED) is 0.161. The van der Waals surface area contributed by atoms with Gasteiger partial charge in [-0.15, -0.1) is 0 Å². The molecule has 8 nitrogen and oxygen atoms in total. The van der Waals surface area contributed by atoms with Crippen molar-refractivity contribution in [2.45, 2.75) is 0 Å². The monoisotopic (exact) mass is 529 g/mol. The summed E-state index contributed by atoms with van der Waals surface area (Å²) in [4.78, 5) is 36.2. The molecular weight excluding hydrogens is 514 g/mol. The van der Waals surface area contributed by atoms with Gasteiger partial charge in [0.1, 0.15) is 0 Å². The molecule has 0 fully saturated rings. The van der Waals surface area contributed by atoms with Crippen LogP contribution in [0.4, 0.5) is 5.69 Å². The number of nitrogens with one attached hydrogen (secondary N) is 2. The molecule has 0 saturated heterocycles. The van der Waals surface area contributed by atoms with E-state index < -0.39 is 17.8 Å². The van der Waals surface area contributed by atoms with E-state index in [-0.39, 0.29) is 11.5 Å². The summed E-state index contributed by atoms with van der Waals surface area (Å²) in [5.41, 5.74) is 3.46. The Morgan fingerprint density at radius 3 is 2.42 bits per heavy atom. The number of methoxy groups -OCH3 is 1. The first-order valence-corrected chi connectivity index (χ1v) is 10.6. The number of rotatable bonds is 6. The summed E-state index contributed by atoms with van der Waals surface area (Å²) in [7, 11) is 1.43. The molecule has 3 rings (SSSR count). The summed E-state index contributed by atoms with van der Waals surface area (Å²) in [6.07, 6.45) is 1.32. The van der Waals surface area contributed by atoms with E-state index in [1.54, 1.807) is 60.7 Å². The van der Waals surface area contributed by atoms with Gasteiger partial charge in [-0.05, 0) is 66.2 Å². The zero-order valence-corrected chi connectivity index (χ0v) is 19.5. The van der Waals surface area contributed by atoms with Crippen molar-refractivity contribution in [3.63, 3.8) is 0 Å². The molecule has 3 aromatic rings. The molecule has 0 radical (unpaired) electrons. The number of hydrogen-bond acceptors (Lipinski definition) is 6. The third kappa shape index (κ3) is 6.90. The maximum atomic E-state index is 12.4. The van der Waals surface area contributed by atoms with Crippen LogP contribution in [0.1, 0.15) is 15.9 Å². The molecule has 2 amide bonds. The molecule has 0 heterocycles. The number of halogens is 2. The van der Waals surface area contributed by atoms with Crippen molar-refractivity contribution in [3.8, 4) is 11.5 Å². The second kappa shape index (κ2) is 11.3. The highest BCUT2D eigenvalue weighted by atomic mass is 79.9. The van der Waals surface area contributed by atoms with E-state index >= 15 is 0 Å². The van der Waals surface area contributed by atoms with Crippen LogP contribution >= 0.6 is 27.5 Å². The Hall–Kier alpha value is -3.69. The molecule has 0 aliphatic rings. The third-order valence-corrected chi connectivity index (χ3v) is 4.88. The molecule has 3 aromatic carbocycles. The Bertz CT molecular complexity index is 1210. The maximum Gasteiger partial charge on any atom is 0.343 e. The van der Waals surface area contributed by atoms with E-state index in [1.165, 1.54) is 19.4 Å². The highest BCUT2D eigenvalue weighted by molar-refractivity contribution is 9.10. The lowest BCUT2D eigenvalue weighted by Crippen LogP contribution is -2.32. The van der Waals surface area contributed by atoms with Gasteiger partial charge in [-0.1, -0.05) is 33.6 Å². The molecule has 0 saturated carbocycles. The minimum Gasteiger partial charge on any atom is -0.493 e. The van der Waals surface area contributed by atoms with Crippen LogP contribution < -0.4 is 20.2 Å². The predicted molar refractivity (Wildman–Crippen MR) is 128 cm³/mol. The molecule has 0 unspecified atom stereocenters. The smallest absolute Gasteiger partial charge is 0.343 e. The molecule has 33 heavy (non-hydrogen) atoms. The zero-order valence-electron chi connectivity index (χ0n) is 17.2. The SMILES string of the molecule is COc1cc(/C=N/NC(=O)C(=O)Nc2ccc(Cl)cc2)ccc1OC(=O)c1cccc(Br)c1. The Labute approximate surface area is 202 Å². The predicted octanol–water partition coefficient (Wildman–Crippen LogP) is 4.42.